The molecule has 0 aliphatic carbocycles. The Balaban J connectivity index is 1.40. The van der Waals surface area contributed by atoms with Gasteiger partial charge in [0.05, 0.1) is 11.5 Å². The van der Waals surface area contributed by atoms with E-state index in [4.69, 9.17) is 4.74 Å². The zero-order valence-electron chi connectivity index (χ0n) is 16.8. The molecule has 1 amide bonds. The molecule has 154 valence electrons. The van der Waals surface area contributed by atoms with Gasteiger partial charge < -0.3 is 9.64 Å². The SMILES string of the molecule is Cc1ccc(S(C)(=O)=O)cc1C(=O)N1CCN(Cc2ccc3c(c2)CCO3)CC1. The summed E-state index contributed by atoms with van der Waals surface area (Å²) in [5.74, 6) is 0.901. The fraction of sp³-hybridized carbons (Fsp3) is 0.409. The fourth-order valence-electron chi connectivity index (χ4n) is 3.94. The van der Waals surface area contributed by atoms with Crippen molar-refractivity contribution in [1.82, 2.24) is 9.80 Å². The maximum Gasteiger partial charge on any atom is 0.254 e. The quantitative estimate of drug-likeness (QED) is 0.768. The molecule has 4 rings (SSSR count). The molecule has 6 nitrogen and oxygen atoms in total. The predicted octanol–water partition coefficient (Wildman–Crippen LogP) is 2.29. The number of piperazine rings is 1. The molecule has 29 heavy (non-hydrogen) atoms. The highest BCUT2D eigenvalue weighted by atomic mass is 32.2. The van der Waals surface area contributed by atoms with Gasteiger partial charge in [-0.2, -0.15) is 0 Å². The average Bonchev–Trinajstić information content (AvgIpc) is 3.15. The van der Waals surface area contributed by atoms with Crippen molar-refractivity contribution in [3.05, 3.63) is 58.7 Å². The summed E-state index contributed by atoms with van der Waals surface area (Å²) in [4.78, 5) is 17.3. The van der Waals surface area contributed by atoms with Crippen LogP contribution < -0.4 is 4.74 Å². The molecule has 0 bridgehead atoms. The van der Waals surface area contributed by atoms with Crippen LogP contribution >= 0.6 is 0 Å². The molecule has 2 aromatic carbocycles. The summed E-state index contributed by atoms with van der Waals surface area (Å²) in [6, 6.07) is 11.2. The normalized spacial score (nSPS) is 17.1. The third-order valence-electron chi connectivity index (χ3n) is 5.69. The van der Waals surface area contributed by atoms with Gasteiger partial charge in [0.25, 0.3) is 5.91 Å². The lowest BCUT2D eigenvalue weighted by Crippen LogP contribution is -2.48. The van der Waals surface area contributed by atoms with Gasteiger partial charge in [-0.1, -0.05) is 18.2 Å². The number of carbonyl (C=O) groups excluding carboxylic acids is 1. The number of fused-ring (bicyclic) bond motifs is 1. The summed E-state index contributed by atoms with van der Waals surface area (Å²) in [5.41, 5.74) is 3.81. The van der Waals surface area contributed by atoms with E-state index in [0.717, 1.165) is 50.2 Å². The number of sulfone groups is 1. The molecule has 0 aromatic heterocycles. The largest absolute Gasteiger partial charge is 0.493 e. The van der Waals surface area contributed by atoms with Crippen LogP contribution in [-0.4, -0.2) is 63.2 Å². The number of hydrogen-bond acceptors (Lipinski definition) is 5. The van der Waals surface area contributed by atoms with Crippen molar-refractivity contribution >= 4 is 15.7 Å². The number of ether oxygens (including phenoxy) is 1. The van der Waals surface area contributed by atoms with Gasteiger partial charge in [0.15, 0.2) is 9.84 Å². The van der Waals surface area contributed by atoms with Crippen molar-refractivity contribution in [3.63, 3.8) is 0 Å². The van der Waals surface area contributed by atoms with Gasteiger partial charge in [0.1, 0.15) is 5.75 Å². The molecule has 0 saturated carbocycles. The van der Waals surface area contributed by atoms with Crippen LogP contribution in [0, 0.1) is 6.92 Å². The number of hydrogen-bond donors (Lipinski definition) is 0. The summed E-state index contributed by atoms with van der Waals surface area (Å²) < 4.78 is 29.3. The molecule has 2 aliphatic rings. The van der Waals surface area contributed by atoms with E-state index in [9.17, 15) is 13.2 Å². The number of amides is 1. The number of aryl methyl sites for hydroxylation is 1. The van der Waals surface area contributed by atoms with Crippen molar-refractivity contribution in [2.45, 2.75) is 24.8 Å². The lowest BCUT2D eigenvalue weighted by atomic mass is 10.1. The van der Waals surface area contributed by atoms with Crippen molar-refractivity contribution in [1.29, 1.82) is 0 Å². The number of rotatable bonds is 4. The Labute approximate surface area is 172 Å². The molecule has 0 radical (unpaired) electrons. The van der Waals surface area contributed by atoms with E-state index in [1.165, 1.54) is 17.2 Å². The van der Waals surface area contributed by atoms with Crippen LogP contribution in [0.3, 0.4) is 0 Å². The minimum absolute atomic E-state index is 0.0951. The van der Waals surface area contributed by atoms with Gasteiger partial charge in [0, 0.05) is 51.0 Å². The van der Waals surface area contributed by atoms with Crippen LogP contribution in [0.1, 0.15) is 27.0 Å². The summed E-state index contributed by atoms with van der Waals surface area (Å²) >= 11 is 0. The van der Waals surface area contributed by atoms with Crippen LogP contribution in [-0.2, 0) is 22.8 Å². The average molecular weight is 415 g/mol. The second-order valence-electron chi connectivity index (χ2n) is 7.86. The van der Waals surface area contributed by atoms with Gasteiger partial charge in [0.2, 0.25) is 0 Å². The number of carbonyl (C=O) groups is 1. The molecule has 0 spiro atoms. The van der Waals surface area contributed by atoms with E-state index in [2.05, 4.69) is 23.1 Å². The first-order valence-electron chi connectivity index (χ1n) is 9.88. The highest BCUT2D eigenvalue weighted by molar-refractivity contribution is 7.90. The summed E-state index contributed by atoms with van der Waals surface area (Å²) in [6.07, 6.45) is 2.13. The van der Waals surface area contributed by atoms with Crippen molar-refractivity contribution < 1.29 is 17.9 Å². The van der Waals surface area contributed by atoms with E-state index in [-0.39, 0.29) is 10.8 Å². The molecule has 2 heterocycles. The second kappa shape index (κ2) is 7.80. The Morgan fingerprint density at radius 2 is 1.83 bits per heavy atom. The smallest absolute Gasteiger partial charge is 0.254 e. The molecule has 0 atom stereocenters. The van der Waals surface area contributed by atoms with E-state index < -0.39 is 9.84 Å². The van der Waals surface area contributed by atoms with Crippen molar-refractivity contribution in [2.75, 3.05) is 39.0 Å². The Bertz CT molecular complexity index is 1040. The Morgan fingerprint density at radius 3 is 2.55 bits per heavy atom. The highest BCUT2D eigenvalue weighted by Gasteiger charge is 2.24. The topological polar surface area (TPSA) is 66.9 Å². The maximum atomic E-state index is 13.0. The zero-order valence-corrected chi connectivity index (χ0v) is 17.7. The molecule has 7 heteroatoms. The fourth-order valence-corrected chi connectivity index (χ4v) is 4.59. The monoisotopic (exact) mass is 414 g/mol. The number of nitrogens with zero attached hydrogens (tertiary/aromatic N) is 2. The van der Waals surface area contributed by atoms with Crippen LogP contribution in [0.2, 0.25) is 0 Å². The van der Waals surface area contributed by atoms with Gasteiger partial charge >= 0.3 is 0 Å². The summed E-state index contributed by atoms with van der Waals surface area (Å²) in [6.45, 7) is 6.32. The second-order valence-corrected chi connectivity index (χ2v) is 9.87. The van der Waals surface area contributed by atoms with E-state index in [1.54, 1.807) is 12.1 Å². The molecule has 2 aromatic rings. The molecule has 2 aliphatic heterocycles. The predicted molar refractivity (Wildman–Crippen MR) is 111 cm³/mol. The molecular weight excluding hydrogens is 388 g/mol. The Morgan fingerprint density at radius 1 is 1.07 bits per heavy atom. The maximum absolute atomic E-state index is 13.0. The third kappa shape index (κ3) is 4.31. The van der Waals surface area contributed by atoms with Gasteiger partial charge in [-0.25, -0.2) is 8.42 Å². The number of benzene rings is 2. The molecule has 0 N–H and O–H groups in total. The summed E-state index contributed by atoms with van der Waals surface area (Å²) in [7, 11) is -3.34. The third-order valence-corrected chi connectivity index (χ3v) is 6.80. The zero-order chi connectivity index (χ0) is 20.6. The van der Waals surface area contributed by atoms with E-state index in [0.29, 0.717) is 18.7 Å². The van der Waals surface area contributed by atoms with Crippen LogP contribution in [0.25, 0.3) is 0 Å². The molecule has 1 fully saturated rings. The van der Waals surface area contributed by atoms with E-state index in [1.807, 2.05) is 11.8 Å². The Hall–Kier alpha value is -2.38. The van der Waals surface area contributed by atoms with Crippen LogP contribution in [0.5, 0.6) is 5.75 Å². The molecule has 0 unspecified atom stereocenters. The first-order chi connectivity index (χ1) is 13.8. The van der Waals surface area contributed by atoms with Gasteiger partial charge in [-0.15, -0.1) is 0 Å². The van der Waals surface area contributed by atoms with Gasteiger partial charge in [-0.05, 0) is 41.8 Å². The standard InChI is InChI=1S/C22H26N2O4S/c1-16-3-5-19(29(2,26)27)14-20(16)22(25)24-10-8-23(9-11-24)15-17-4-6-21-18(13-17)7-12-28-21/h3-6,13-14H,7-12,15H2,1-2H3. The van der Waals surface area contributed by atoms with E-state index >= 15 is 0 Å². The first kappa shape index (κ1) is 19.9. The first-order valence-corrected chi connectivity index (χ1v) is 11.8. The lowest BCUT2D eigenvalue weighted by molar-refractivity contribution is 0.0627. The summed E-state index contributed by atoms with van der Waals surface area (Å²) in [5, 5.41) is 0. The highest BCUT2D eigenvalue weighted by Crippen LogP contribution is 2.26. The van der Waals surface area contributed by atoms with Gasteiger partial charge in [-0.3, -0.25) is 9.69 Å². The van der Waals surface area contributed by atoms with Crippen LogP contribution in [0.15, 0.2) is 41.3 Å². The minimum atomic E-state index is -3.34. The minimum Gasteiger partial charge on any atom is -0.493 e. The van der Waals surface area contributed by atoms with Crippen molar-refractivity contribution in [2.24, 2.45) is 0 Å². The van der Waals surface area contributed by atoms with Crippen LogP contribution in [0.4, 0.5) is 0 Å². The molecular formula is C22H26N2O4S. The Kier molecular flexibility index (Phi) is 5.36. The van der Waals surface area contributed by atoms with Crippen molar-refractivity contribution in [3.8, 4) is 5.75 Å². The lowest BCUT2D eigenvalue weighted by Gasteiger charge is -2.35. The molecule has 1 saturated heterocycles.